The average Bonchev–Trinajstić information content (AvgIpc) is 1.25. The Morgan fingerprint density at radius 2 is 0.538 bits per heavy atom. The van der Waals surface area contributed by atoms with E-state index >= 15 is 0 Å². The van der Waals surface area contributed by atoms with Gasteiger partial charge in [-0.05, 0) is 418 Å². The van der Waals surface area contributed by atoms with Gasteiger partial charge in [0.2, 0.25) is 5.91 Å². The summed E-state index contributed by atoms with van der Waals surface area (Å²) in [5.41, 5.74) is 11.5. The minimum atomic E-state index is -0.0363. The highest BCUT2D eigenvalue weighted by Crippen LogP contribution is 2.79. The Kier molecular flexibility index (Phi) is 49.0. The first-order chi connectivity index (χ1) is 59.9. The number of nitrogens with zero attached hydrogens (tertiary/aromatic N) is 1. The molecule has 20 rings (SSSR count). The van der Waals surface area contributed by atoms with Crippen LogP contribution in [0.15, 0.2) is 0 Å². The number of fused-ring (bicyclic) bond motifs is 15. The normalized spacial score (nSPS) is 37.1. The molecule has 2 saturated heterocycles. The van der Waals surface area contributed by atoms with Crippen molar-refractivity contribution in [3.8, 4) is 0 Å². The Morgan fingerprint density at radius 3 is 0.792 bits per heavy atom. The highest BCUT2D eigenvalue weighted by molar-refractivity contribution is 5.85. The van der Waals surface area contributed by atoms with Crippen LogP contribution < -0.4 is 0 Å². The molecule has 0 radical (unpaired) electrons. The van der Waals surface area contributed by atoms with E-state index in [9.17, 15) is 4.79 Å². The third-order valence-electron chi connectivity index (χ3n) is 43.8. The number of carbonyl (C=O) groups is 1. The minimum Gasteiger partial charge on any atom is -0.339 e. The molecule has 1 amide bonds. The maximum Gasteiger partial charge on any atom is 0.229 e. The molecular weight excluding hydrogens is 1570 g/mol. The number of carbonyl (C=O) groups excluding carboxylic acids is 1. The van der Waals surface area contributed by atoms with Gasteiger partial charge in [-0.1, -0.05) is 380 Å². The largest absolute Gasteiger partial charge is 0.339 e. The van der Waals surface area contributed by atoms with E-state index in [-0.39, 0.29) is 11.0 Å². The van der Waals surface area contributed by atoms with Gasteiger partial charge in [-0.2, -0.15) is 0 Å². The highest BCUT2D eigenvalue weighted by Gasteiger charge is 2.70. The summed E-state index contributed by atoms with van der Waals surface area (Å²) in [5, 5.41) is 0. The lowest BCUT2D eigenvalue weighted by Gasteiger charge is -2.75. The molecule has 18 saturated carbocycles. The van der Waals surface area contributed by atoms with Crippen molar-refractivity contribution in [2.24, 2.45) is 192 Å². The Labute approximate surface area is 826 Å². The van der Waals surface area contributed by atoms with Crippen LogP contribution in [0, 0.1) is 192 Å². The fraction of sp³-hybridized carbons (Fsp3) is 0.992. The third kappa shape index (κ3) is 26.9. The lowest BCUT2D eigenvalue weighted by molar-refractivity contribution is -0.252. The monoisotopic (exact) mass is 1820 g/mol. The SMILES string of the molecule is CC.CC.CC.CC.CC.CC.CC.CC.CC(C)(C)C1CC2CCC(C1)C2C(C)(C)C.CC(C)(C)C1CCC2(C(C)(C)C)CCC1C2.CC(C)C12CC(C(C)C)(C1)C2.CC(C)C12CCC(C(C)(C)C)(C1)C2.CC(C)C12CCC(C(C)(C)C)(CC1)CC2.CC(C)C12CCC(C(C)C)(CC1)C2.CC(C)C12CCC(C(C)C)(CC1)N(C)C2=O.CC(C)C12CCCC(C(C)C)(CC1)C2. The quantitative estimate of drug-likeness (QED) is 0.213. The Balaban J connectivity index is 0.000000727. The van der Waals surface area contributed by atoms with Gasteiger partial charge < -0.3 is 4.90 Å². The van der Waals surface area contributed by atoms with Crippen molar-refractivity contribution in [1.29, 1.82) is 0 Å². The summed E-state index contributed by atoms with van der Waals surface area (Å²) in [4.78, 5) is 14.7. The molecule has 0 aromatic heterocycles. The van der Waals surface area contributed by atoms with Crippen LogP contribution in [0.5, 0.6) is 0 Å². The van der Waals surface area contributed by atoms with Crippen molar-refractivity contribution in [3.63, 3.8) is 0 Å². The zero-order valence-electron chi connectivity index (χ0n) is 101. The summed E-state index contributed by atoms with van der Waals surface area (Å²) < 4.78 is 0. The molecule has 2 nitrogen and oxygen atoms in total. The second-order valence-electron chi connectivity index (χ2n) is 56.3. The van der Waals surface area contributed by atoms with Gasteiger partial charge in [0.05, 0.1) is 5.41 Å². The Hall–Kier alpha value is -0.530. The van der Waals surface area contributed by atoms with Crippen LogP contribution in [0.2, 0.25) is 0 Å². The van der Waals surface area contributed by atoms with Crippen molar-refractivity contribution in [1.82, 2.24) is 4.90 Å². The summed E-state index contributed by atoms with van der Waals surface area (Å²) in [6, 6.07) is 0. The first-order valence-corrected chi connectivity index (χ1v) is 59.2. The van der Waals surface area contributed by atoms with E-state index < -0.39 is 0 Å². The highest BCUT2D eigenvalue weighted by atomic mass is 16.2. The zero-order valence-corrected chi connectivity index (χ0v) is 101. The fourth-order valence-corrected chi connectivity index (χ4v) is 32.4. The minimum absolute atomic E-state index is 0.0363. The number of piperidine rings is 2. The van der Waals surface area contributed by atoms with E-state index in [1.165, 1.54) is 225 Å². The number of rotatable bonds is 10. The van der Waals surface area contributed by atoms with Gasteiger partial charge in [-0.15, -0.1) is 0 Å². The van der Waals surface area contributed by atoms with E-state index in [0.29, 0.717) is 61.1 Å². The van der Waals surface area contributed by atoms with E-state index in [1.807, 2.05) is 118 Å². The second-order valence-corrected chi connectivity index (χ2v) is 56.3. The molecule has 20 aliphatic rings. The van der Waals surface area contributed by atoms with Crippen molar-refractivity contribution >= 4 is 5.91 Å². The lowest BCUT2D eigenvalue weighted by Crippen LogP contribution is -2.67. The van der Waals surface area contributed by atoms with Crippen LogP contribution in [0.4, 0.5) is 0 Å². The van der Waals surface area contributed by atoms with Gasteiger partial charge in [0.25, 0.3) is 0 Å². The van der Waals surface area contributed by atoms with Crippen molar-refractivity contribution < 1.29 is 4.79 Å². The molecule has 2 heteroatoms. The smallest absolute Gasteiger partial charge is 0.229 e. The number of hydrogen-bond donors (Lipinski definition) is 0. The predicted molar refractivity (Wildman–Crippen MR) is 592 cm³/mol. The molecule has 778 valence electrons. The van der Waals surface area contributed by atoms with E-state index in [4.69, 9.17) is 0 Å². The fourth-order valence-electron chi connectivity index (χ4n) is 32.4. The summed E-state index contributed by atoms with van der Waals surface area (Å²) in [6.45, 7) is 124. The average molecular weight is 1820 g/mol. The summed E-state index contributed by atoms with van der Waals surface area (Å²) in [6.07, 6.45) is 54.4. The van der Waals surface area contributed by atoms with Crippen molar-refractivity contribution in [2.75, 3.05) is 7.05 Å². The zero-order chi connectivity index (χ0) is 102. The lowest BCUT2D eigenvalue weighted by atomic mass is 9.30. The number of amides is 1. The molecule has 16 bridgehead atoms. The molecule has 0 aromatic rings. The summed E-state index contributed by atoms with van der Waals surface area (Å²) in [7, 11) is 2.03. The van der Waals surface area contributed by atoms with Crippen molar-refractivity contribution in [2.45, 2.75) is 617 Å². The van der Waals surface area contributed by atoms with Crippen molar-refractivity contribution in [3.05, 3.63) is 0 Å². The molecular formula is C128H255NO. The van der Waals surface area contributed by atoms with E-state index in [0.717, 1.165) is 144 Å². The van der Waals surface area contributed by atoms with E-state index in [1.54, 1.807) is 0 Å². The summed E-state index contributed by atoms with van der Waals surface area (Å²) in [5.74, 6) is 14.8. The Morgan fingerprint density at radius 1 is 0.254 bits per heavy atom. The molecule has 0 N–H and O–H groups in total. The molecule has 0 spiro atoms. The van der Waals surface area contributed by atoms with Crippen LogP contribution in [0.1, 0.15) is 611 Å². The number of hydrogen-bond acceptors (Lipinski definition) is 1. The van der Waals surface area contributed by atoms with Gasteiger partial charge >= 0.3 is 0 Å². The van der Waals surface area contributed by atoms with Gasteiger partial charge in [-0.25, -0.2) is 0 Å². The molecule has 18 aliphatic carbocycles. The van der Waals surface area contributed by atoms with Crippen LogP contribution in [0.25, 0.3) is 0 Å². The van der Waals surface area contributed by atoms with Gasteiger partial charge in [-0.3, -0.25) is 4.79 Å². The molecule has 0 aromatic carbocycles. The maximum absolute atomic E-state index is 12.6. The second kappa shape index (κ2) is 49.9. The molecule has 2 aliphatic heterocycles. The van der Waals surface area contributed by atoms with Gasteiger partial charge in [0, 0.05) is 12.6 Å². The van der Waals surface area contributed by atoms with Crippen LogP contribution in [-0.2, 0) is 4.79 Å². The van der Waals surface area contributed by atoms with Crippen LogP contribution in [-0.4, -0.2) is 23.4 Å². The molecule has 7 atom stereocenters. The first-order valence-electron chi connectivity index (χ1n) is 59.2. The maximum atomic E-state index is 12.6. The molecule has 130 heavy (non-hydrogen) atoms. The summed E-state index contributed by atoms with van der Waals surface area (Å²) >= 11 is 0. The topological polar surface area (TPSA) is 20.3 Å². The molecule has 2 heterocycles. The first kappa shape index (κ1) is 127. The van der Waals surface area contributed by atoms with Crippen LogP contribution in [0.3, 0.4) is 0 Å². The molecule has 7 unspecified atom stereocenters. The predicted octanol–water partition coefficient (Wildman–Crippen LogP) is 43.3. The van der Waals surface area contributed by atoms with Gasteiger partial charge in [0.15, 0.2) is 0 Å². The van der Waals surface area contributed by atoms with Gasteiger partial charge in [0.1, 0.15) is 0 Å². The van der Waals surface area contributed by atoms with E-state index in [2.05, 4.69) is 268 Å². The third-order valence-corrected chi connectivity index (χ3v) is 43.8. The Bertz CT molecular complexity index is 2980. The molecule has 20 fully saturated rings. The standard InChI is InChI=1S/2C16H30.C15H28.C14H25NO.C14H26.2C13H24.C11H20.8C2H6/c1-14(2,3)13-8-10-16(15(4,5)6)9-7-12(13)11-16;1-15(2,3)13-9-11-7-8-12(10-13)14(11)16(4,5)6;1-12(2)14-6-9-15(10-7-14,11-8-14)13(3,4)5;1-10(2)13-6-8-14(9-7-13,11(3)4)15(5)12(13)16;1-11(2)13-6-5-7-14(10-13,9-8-13)12(3)4;1-10(2)12-6-7-13(8-12,9-12)11(3,4)5;1-10(2)12-5-7-13(9-12,8-6-12)11(3)4;1-8(2)10-5-11(6-10,7-10)9(3)4;8*1-2/h12-13H,7-11H2,1-6H3;11-14H,7-10H2,1-6H3;12H,6-11H2,1-5H3;10-11H,6-9H2,1-5H3;11-12H,5-10H2,1-4H3;10H,6-9H2,1-5H3;10-11H,5-9H2,1-4H3;8-9H,5-7H2,1-4H3;8*1-2H3. The van der Waals surface area contributed by atoms with Crippen LogP contribution >= 0.6 is 0 Å².